The molecule has 1 atom stereocenters. The summed E-state index contributed by atoms with van der Waals surface area (Å²) in [5, 5.41) is 6.90. The Morgan fingerprint density at radius 3 is 2.64 bits per heavy atom. The molecule has 25 heavy (non-hydrogen) atoms. The van der Waals surface area contributed by atoms with Crippen LogP contribution in [0.5, 0.6) is 0 Å². The van der Waals surface area contributed by atoms with E-state index in [0.29, 0.717) is 0 Å². The average molecular weight is 350 g/mol. The summed E-state index contributed by atoms with van der Waals surface area (Å²) in [5.41, 5.74) is 0. The molecular formula is C19H35N5O. The van der Waals surface area contributed by atoms with Gasteiger partial charge >= 0.3 is 0 Å². The summed E-state index contributed by atoms with van der Waals surface area (Å²) in [5.74, 6) is 1.90. The van der Waals surface area contributed by atoms with Crippen LogP contribution in [0.2, 0.25) is 0 Å². The van der Waals surface area contributed by atoms with E-state index in [4.69, 9.17) is 4.42 Å². The van der Waals surface area contributed by atoms with E-state index in [1.54, 1.807) is 6.26 Å². The molecule has 1 aromatic rings. The minimum atomic E-state index is 0.270. The van der Waals surface area contributed by atoms with Gasteiger partial charge in [-0.3, -0.25) is 9.89 Å². The smallest absolute Gasteiger partial charge is 0.191 e. The molecule has 0 aliphatic carbocycles. The van der Waals surface area contributed by atoms with Gasteiger partial charge in [-0.25, -0.2) is 0 Å². The van der Waals surface area contributed by atoms with Gasteiger partial charge in [-0.2, -0.15) is 0 Å². The SMILES string of the molecule is CCN(CC)CCCNC(=NC)NCC(c1ccco1)N1CCCC1. The third-order valence-electron chi connectivity index (χ3n) is 4.98. The van der Waals surface area contributed by atoms with Gasteiger partial charge in [-0.05, 0) is 64.1 Å². The summed E-state index contributed by atoms with van der Waals surface area (Å²) in [6, 6.07) is 4.32. The summed E-state index contributed by atoms with van der Waals surface area (Å²) < 4.78 is 5.68. The first-order valence-electron chi connectivity index (χ1n) is 9.72. The Bertz CT molecular complexity index is 478. The van der Waals surface area contributed by atoms with Crippen molar-refractivity contribution in [3.8, 4) is 0 Å². The molecule has 1 aliphatic rings. The van der Waals surface area contributed by atoms with E-state index in [1.165, 1.54) is 12.8 Å². The molecule has 142 valence electrons. The maximum Gasteiger partial charge on any atom is 0.191 e. The summed E-state index contributed by atoms with van der Waals surface area (Å²) in [6.07, 6.45) is 5.43. The molecule has 6 heteroatoms. The van der Waals surface area contributed by atoms with Gasteiger partial charge in [0.1, 0.15) is 5.76 Å². The van der Waals surface area contributed by atoms with Gasteiger partial charge in [0.05, 0.1) is 12.3 Å². The molecule has 1 saturated heterocycles. The molecule has 2 heterocycles. The number of likely N-dealkylation sites (tertiary alicyclic amines) is 1. The Hall–Kier alpha value is -1.53. The number of nitrogens with zero attached hydrogens (tertiary/aromatic N) is 3. The van der Waals surface area contributed by atoms with Crippen molar-refractivity contribution in [1.29, 1.82) is 0 Å². The molecule has 1 fully saturated rings. The molecule has 6 nitrogen and oxygen atoms in total. The Morgan fingerprint density at radius 1 is 1.28 bits per heavy atom. The molecular weight excluding hydrogens is 314 g/mol. The quantitative estimate of drug-likeness (QED) is 0.386. The Labute approximate surface area is 152 Å². The maximum absolute atomic E-state index is 5.68. The van der Waals surface area contributed by atoms with Crippen LogP contribution in [0.15, 0.2) is 27.8 Å². The number of rotatable bonds is 10. The molecule has 1 aliphatic heterocycles. The van der Waals surface area contributed by atoms with E-state index in [0.717, 1.165) is 64.0 Å². The average Bonchev–Trinajstić information content (AvgIpc) is 3.34. The molecule has 2 N–H and O–H groups in total. The Kier molecular flexibility index (Phi) is 8.83. The highest BCUT2D eigenvalue weighted by molar-refractivity contribution is 5.79. The lowest BCUT2D eigenvalue weighted by molar-refractivity contribution is 0.215. The number of hydrogen-bond donors (Lipinski definition) is 2. The first-order valence-corrected chi connectivity index (χ1v) is 9.72. The molecule has 1 aromatic heterocycles. The summed E-state index contributed by atoms with van der Waals surface area (Å²) in [4.78, 5) is 9.30. The molecule has 0 spiro atoms. The van der Waals surface area contributed by atoms with Gasteiger partial charge in [-0.15, -0.1) is 0 Å². The van der Waals surface area contributed by atoms with E-state index in [9.17, 15) is 0 Å². The molecule has 0 radical (unpaired) electrons. The minimum Gasteiger partial charge on any atom is -0.468 e. The fourth-order valence-electron chi connectivity index (χ4n) is 3.41. The molecule has 1 unspecified atom stereocenters. The highest BCUT2D eigenvalue weighted by Crippen LogP contribution is 2.24. The fraction of sp³-hybridized carbons (Fsp3) is 0.737. The molecule has 0 bridgehead atoms. The highest BCUT2D eigenvalue weighted by Gasteiger charge is 2.25. The van der Waals surface area contributed by atoms with Crippen LogP contribution in [-0.2, 0) is 0 Å². The first kappa shape index (κ1) is 19.8. The van der Waals surface area contributed by atoms with Gasteiger partial charge in [-0.1, -0.05) is 13.8 Å². The van der Waals surface area contributed by atoms with Crippen LogP contribution in [0.1, 0.15) is 44.9 Å². The number of guanidine groups is 1. The van der Waals surface area contributed by atoms with Crippen molar-refractivity contribution in [3.63, 3.8) is 0 Å². The van der Waals surface area contributed by atoms with Gasteiger partial charge < -0.3 is 20.0 Å². The van der Waals surface area contributed by atoms with E-state index in [2.05, 4.69) is 45.3 Å². The van der Waals surface area contributed by atoms with Crippen molar-refractivity contribution in [2.45, 2.75) is 39.2 Å². The second-order valence-electron chi connectivity index (χ2n) is 6.53. The van der Waals surface area contributed by atoms with E-state index in [1.807, 2.05) is 13.1 Å². The van der Waals surface area contributed by atoms with Crippen molar-refractivity contribution in [1.82, 2.24) is 20.4 Å². The second kappa shape index (κ2) is 11.2. The van der Waals surface area contributed by atoms with Crippen LogP contribution in [0, 0.1) is 0 Å². The topological polar surface area (TPSA) is 56.0 Å². The third-order valence-corrected chi connectivity index (χ3v) is 4.98. The summed E-state index contributed by atoms with van der Waals surface area (Å²) in [6.45, 7) is 11.8. The lowest BCUT2D eigenvalue weighted by atomic mass is 10.2. The fourth-order valence-corrected chi connectivity index (χ4v) is 3.41. The summed E-state index contributed by atoms with van der Waals surface area (Å²) in [7, 11) is 1.83. The van der Waals surface area contributed by atoms with Crippen molar-refractivity contribution >= 4 is 5.96 Å². The molecule has 0 aromatic carbocycles. The number of furan rings is 1. The van der Waals surface area contributed by atoms with Gasteiger partial charge in [0.25, 0.3) is 0 Å². The van der Waals surface area contributed by atoms with Crippen LogP contribution in [0.4, 0.5) is 0 Å². The molecule has 0 saturated carbocycles. The zero-order valence-electron chi connectivity index (χ0n) is 16.1. The Morgan fingerprint density at radius 2 is 2.04 bits per heavy atom. The zero-order chi connectivity index (χ0) is 17.9. The number of nitrogens with one attached hydrogen (secondary N) is 2. The largest absolute Gasteiger partial charge is 0.468 e. The van der Waals surface area contributed by atoms with Crippen molar-refractivity contribution in [2.24, 2.45) is 4.99 Å². The van der Waals surface area contributed by atoms with Crippen LogP contribution >= 0.6 is 0 Å². The lowest BCUT2D eigenvalue weighted by Gasteiger charge is -2.26. The van der Waals surface area contributed by atoms with Crippen LogP contribution in [0.3, 0.4) is 0 Å². The van der Waals surface area contributed by atoms with E-state index in [-0.39, 0.29) is 6.04 Å². The van der Waals surface area contributed by atoms with Crippen LogP contribution in [-0.4, -0.2) is 68.6 Å². The molecule has 0 amide bonds. The van der Waals surface area contributed by atoms with Gasteiger partial charge in [0, 0.05) is 20.1 Å². The van der Waals surface area contributed by atoms with Crippen molar-refractivity contribution in [3.05, 3.63) is 24.2 Å². The summed E-state index contributed by atoms with van der Waals surface area (Å²) >= 11 is 0. The first-order chi connectivity index (χ1) is 12.3. The minimum absolute atomic E-state index is 0.270. The van der Waals surface area contributed by atoms with E-state index < -0.39 is 0 Å². The predicted octanol–water partition coefficient (Wildman–Crippen LogP) is 2.31. The van der Waals surface area contributed by atoms with Crippen molar-refractivity contribution in [2.75, 3.05) is 52.9 Å². The Balaban J connectivity index is 1.77. The number of hydrogen-bond acceptors (Lipinski definition) is 4. The maximum atomic E-state index is 5.68. The lowest BCUT2D eigenvalue weighted by Crippen LogP contribution is -2.43. The monoisotopic (exact) mass is 349 g/mol. The van der Waals surface area contributed by atoms with Gasteiger partial charge in [0.2, 0.25) is 0 Å². The third kappa shape index (κ3) is 6.36. The normalized spacial score (nSPS) is 17.2. The zero-order valence-corrected chi connectivity index (χ0v) is 16.1. The highest BCUT2D eigenvalue weighted by atomic mass is 16.3. The second-order valence-corrected chi connectivity index (χ2v) is 6.53. The standard InChI is InChI=1S/C19H35N5O/c1-4-23(5-2)12-9-11-21-19(20-3)22-16-17(18-10-8-15-25-18)24-13-6-7-14-24/h8,10,15,17H,4-7,9,11-14,16H2,1-3H3,(H2,20,21,22). The van der Waals surface area contributed by atoms with E-state index >= 15 is 0 Å². The number of aliphatic imine (C=N–C) groups is 1. The predicted molar refractivity (Wildman–Crippen MR) is 104 cm³/mol. The van der Waals surface area contributed by atoms with Crippen LogP contribution in [0.25, 0.3) is 0 Å². The molecule has 2 rings (SSSR count). The van der Waals surface area contributed by atoms with Crippen LogP contribution < -0.4 is 10.6 Å². The van der Waals surface area contributed by atoms with Crippen molar-refractivity contribution < 1.29 is 4.42 Å². The van der Waals surface area contributed by atoms with Gasteiger partial charge in [0.15, 0.2) is 5.96 Å².